The second-order valence-corrected chi connectivity index (χ2v) is 5.46. The maximum Gasteiger partial charge on any atom is 0.233 e. The van der Waals surface area contributed by atoms with Gasteiger partial charge in [-0.3, -0.25) is 0 Å². The van der Waals surface area contributed by atoms with E-state index in [-0.39, 0.29) is 0 Å². The molecule has 1 N–H and O–H groups in total. The predicted molar refractivity (Wildman–Crippen MR) is 96.2 cm³/mol. The number of nitrogens with one attached hydrogen (secondary N) is 1. The molecule has 0 unspecified atom stereocenters. The van der Waals surface area contributed by atoms with Crippen molar-refractivity contribution in [2.45, 2.75) is 6.92 Å². The Hall–Kier alpha value is -2.31. The number of hydrogen-bond donors (Lipinski definition) is 1. The fourth-order valence-electron chi connectivity index (χ4n) is 2.01. The first-order valence-electron chi connectivity index (χ1n) is 7.50. The number of ether oxygens (including phenoxy) is 1. The summed E-state index contributed by atoms with van der Waals surface area (Å²) < 4.78 is 7.40. The van der Waals surface area contributed by atoms with Gasteiger partial charge in [0.2, 0.25) is 5.88 Å². The molecule has 2 rings (SSSR count). The lowest BCUT2D eigenvalue weighted by Crippen LogP contribution is -2.20. The highest BCUT2D eigenvalue weighted by molar-refractivity contribution is 6.30. The van der Waals surface area contributed by atoms with Crippen molar-refractivity contribution >= 4 is 17.3 Å². The van der Waals surface area contributed by atoms with Gasteiger partial charge in [0, 0.05) is 23.8 Å². The minimum atomic E-state index is 0.399. The molecule has 24 heavy (non-hydrogen) atoms. The van der Waals surface area contributed by atoms with E-state index in [1.54, 1.807) is 4.68 Å². The van der Waals surface area contributed by atoms with Gasteiger partial charge in [-0.2, -0.15) is 0 Å². The third-order valence-corrected chi connectivity index (χ3v) is 3.53. The highest BCUT2D eigenvalue weighted by Gasteiger charge is 2.04. The van der Waals surface area contributed by atoms with Gasteiger partial charge in [0.05, 0.1) is 11.4 Å². The Morgan fingerprint density at radius 3 is 2.75 bits per heavy atom. The molecule has 7 heteroatoms. The summed E-state index contributed by atoms with van der Waals surface area (Å²) >= 11 is 5.89. The van der Waals surface area contributed by atoms with E-state index in [0.717, 1.165) is 17.0 Å². The third kappa shape index (κ3) is 5.11. The Balaban J connectivity index is 1.96. The van der Waals surface area contributed by atoms with Gasteiger partial charge in [0.15, 0.2) is 0 Å². The van der Waals surface area contributed by atoms with Crippen LogP contribution in [-0.4, -0.2) is 42.8 Å². The zero-order valence-electron chi connectivity index (χ0n) is 14.0. The van der Waals surface area contributed by atoms with Crippen molar-refractivity contribution in [2.75, 3.05) is 27.3 Å². The third-order valence-electron chi connectivity index (χ3n) is 3.28. The zero-order valence-corrected chi connectivity index (χ0v) is 14.7. The van der Waals surface area contributed by atoms with Crippen LogP contribution in [0.4, 0.5) is 0 Å². The second-order valence-electron chi connectivity index (χ2n) is 5.02. The maximum absolute atomic E-state index is 5.89. The molecule has 2 aromatic rings. The van der Waals surface area contributed by atoms with Gasteiger partial charge in [-0.25, -0.2) is 4.68 Å². The highest BCUT2D eigenvalue weighted by atomic mass is 35.5. The smallest absolute Gasteiger partial charge is 0.233 e. The standard InChI is InChI=1S/C17H21ClN4O2/c1-13(16(12-19-2)21-23-3)9-11-24-17-8-10-22(20-17)15-6-4-14(18)5-7-15/h4-10,19H,11-12H2,1-3H3. The van der Waals surface area contributed by atoms with Crippen LogP contribution in [0.25, 0.3) is 5.69 Å². The molecule has 1 aromatic heterocycles. The molecule has 0 atom stereocenters. The molecule has 0 aliphatic heterocycles. The zero-order chi connectivity index (χ0) is 17.4. The van der Waals surface area contributed by atoms with Crippen LogP contribution in [0.5, 0.6) is 5.88 Å². The quantitative estimate of drug-likeness (QED) is 0.588. The summed E-state index contributed by atoms with van der Waals surface area (Å²) in [6.45, 7) is 2.99. The molecule has 0 saturated heterocycles. The largest absolute Gasteiger partial charge is 0.472 e. The Morgan fingerprint density at radius 1 is 1.33 bits per heavy atom. The van der Waals surface area contributed by atoms with Gasteiger partial charge >= 0.3 is 0 Å². The normalized spacial score (nSPS) is 12.3. The van der Waals surface area contributed by atoms with E-state index in [2.05, 4.69) is 15.6 Å². The van der Waals surface area contributed by atoms with Crippen molar-refractivity contribution in [1.29, 1.82) is 0 Å². The summed E-state index contributed by atoms with van der Waals surface area (Å²) in [5, 5.41) is 12.1. The second kappa shape index (κ2) is 9.10. The van der Waals surface area contributed by atoms with Crippen LogP contribution in [0, 0.1) is 0 Å². The maximum atomic E-state index is 5.89. The molecule has 0 spiro atoms. The van der Waals surface area contributed by atoms with Gasteiger partial charge in [0.25, 0.3) is 0 Å². The van der Waals surface area contributed by atoms with Crippen LogP contribution in [-0.2, 0) is 4.84 Å². The van der Waals surface area contributed by atoms with Crippen LogP contribution >= 0.6 is 11.6 Å². The molecular formula is C17H21ClN4O2. The monoisotopic (exact) mass is 348 g/mol. The lowest BCUT2D eigenvalue weighted by Gasteiger charge is -2.06. The van der Waals surface area contributed by atoms with E-state index in [4.69, 9.17) is 21.2 Å². The van der Waals surface area contributed by atoms with Crippen molar-refractivity contribution in [1.82, 2.24) is 15.1 Å². The number of nitrogens with zero attached hydrogens (tertiary/aromatic N) is 3. The van der Waals surface area contributed by atoms with Crippen LogP contribution in [0.3, 0.4) is 0 Å². The van der Waals surface area contributed by atoms with Crippen LogP contribution in [0.15, 0.2) is 53.3 Å². The average molecular weight is 349 g/mol. The van der Waals surface area contributed by atoms with Gasteiger partial charge < -0.3 is 14.9 Å². The van der Waals surface area contributed by atoms with Gasteiger partial charge in [-0.15, -0.1) is 5.10 Å². The Bertz CT molecular complexity index is 708. The minimum absolute atomic E-state index is 0.399. The van der Waals surface area contributed by atoms with Crippen molar-refractivity contribution in [3.63, 3.8) is 0 Å². The van der Waals surface area contributed by atoms with E-state index < -0.39 is 0 Å². The summed E-state index contributed by atoms with van der Waals surface area (Å²) in [5.74, 6) is 0.549. The molecule has 0 aliphatic rings. The van der Waals surface area contributed by atoms with Crippen molar-refractivity contribution in [3.05, 3.63) is 53.2 Å². The number of aromatic nitrogens is 2. The first-order chi connectivity index (χ1) is 11.6. The number of halogens is 1. The molecule has 0 saturated carbocycles. The average Bonchev–Trinajstić information content (AvgIpc) is 3.04. The Kier molecular flexibility index (Phi) is 6.84. The fraction of sp³-hybridized carbons (Fsp3) is 0.294. The SMILES string of the molecule is CNCC(=NOC)C(C)=CCOc1ccn(-c2ccc(Cl)cc2)n1. The molecule has 1 heterocycles. The van der Waals surface area contributed by atoms with Crippen molar-refractivity contribution in [2.24, 2.45) is 5.16 Å². The van der Waals surface area contributed by atoms with Crippen molar-refractivity contribution < 1.29 is 9.57 Å². The number of benzene rings is 1. The summed E-state index contributed by atoms with van der Waals surface area (Å²) in [5.41, 5.74) is 2.74. The van der Waals surface area contributed by atoms with Crippen LogP contribution in [0.2, 0.25) is 5.02 Å². The van der Waals surface area contributed by atoms with Crippen LogP contribution in [0.1, 0.15) is 6.92 Å². The van der Waals surface area contributed by atoms with Crippen molar-refractivity contribution in [3.8, 4) is 11.6 Å². The highest BCUT2D eigenvalue weighted by Crippen LogP contribution is 2.15. The molecule has 6 nitrogen and oxygen atoms in total. The van der Waals surface area contributed by atoms with E-state index >= 15 is 0 Å². The fourth-order valence-corrected chi connectivity index (χ4v) is 2.14. The Morgan fingerprint density at radius 2 is 2.08 bits per heavy atom. The summed E-state index contributed by atoms with van der Waals surface area (Å²) in [4.78, 5) is 4.84. The first kappa shape index (κ1) is 18.0. The van der Waals surface area contributed by atoms with Gasteiger partial charge in [-0.05, 0) is 49.9 Å². The number of hydrogen-bond acceptors (Lipinski definition) is 5. The molecule has 0 aliphatic carbocycles. The lowest BCUT2D eigenvalue weighted by atomic mass is 10.2. The molecular weight excluding hydrogens is 328 g/mol. The first-order valence-corrected chi connectivity index (χ1v) is 7.88. The van der Waals surface area contributed by atoms with E-state index in [1.807, 2.05) is 56.6 Å². The molecule has 0 bridgehead atoms. The van der Waals surface area contributed by atoms with Gasteiger partial charge in [-0.1, -0.05) is 16.8 Å². The van der Waals surface area contributed by atoms with Crippen LogP contribution < -0.4 is 10.1 Å². The minimum Gasteiger partial charge on any atom is -0.472 e. The number of rotatable bonds is 8. The summed E-state index contributed by atoms with van der Waals surface area (Å²) in [6, 6.07) is 9.26. The van der Waals surface area contributed by atoms with E-state index in [0.29, 0.717) is 24.1 Å². The summed E-state index contributed by atoms with van der Waals surface area (Å²) in [6.07, 6.45) is 3.78. The molecule has 0 radical (unpaired) electrons. The Labute approximate surface area is 146 Å². The number of oxime groups is 1. The molecule has 0 fully saturated rings. The summed E-state index contributed by atoms with van der Waals surface area (Å²) in [7, 11) is 3.39. The van der Waals surface area contributed by atoms with E-state index in [1.165, 1.54) is 7.11 Å². The topological polar surface area (TPSA) is 60.7 Å². The predicted octanol–water partition coefficient (Wildman–Crippen LogP) is 3.07. The van der Waals surface area contributed by atoms with Gasteiger partial charge in [0.1, 0.15) is 13.7 Å². The van der Waals surface area contributed by atoms with E-state index in [9.17, 15) is 0 Å². The molecule has 1 aromatic carbocycles. The molecule has 128 valence electrons. The lowest BCUT2D eigenvalue weighted by molar-refractivity contribution is 0.213. The molecule has 0 amide bonds.